The van der Waals surface area contributed by atoms with E-state index < -0.39 is 22.1 Å². The molecule has 1 amide bonds. The summed E-state index contributed by atoms with van der Waals surface area (Å²) in [6, 6.07) is 9.37. The quantitative estimate of drug-likeness (QED) is 0.621. The number of aryl methyl sites for hydroxylation is 1. The summed E-state index contributed by atoms with van der Waals surface area (Å²) in [7, 11) is -0.865. The molecule has 0 saturated carbocycles. The van der Waals surface area contributed by atoms with Crippen molar-refractivity contribution < 1.29 is 35.9 Å². The van der Waals surface area contributed by atoms with Gasteiger partial charge in [0, 0.05) is 32.1 Å². The number of methoxy groups -OCH3 is 1. The maximum atomic E-state index is 12.4. The number of sulfonamides is 1. The Labute approximate surface area is 178 Å². The predicted octanol–water partition coefficient (Wildman–Crippen LogP) is 3.23. The molecule has 0 saturated heterocycles. The van der Waals surface area contributed by atoms with Crippen molar-refractivity contribution in [2.75, 3.05) is 20.7 Å². The SMILES string of the molecule is COc1ccc(C)cc1CN(C)C(=O)CCNS(=O)(=O)c1ccc(OC(F)(F)F)cc1. The molecule has 0 atom stereocenters. The van der Waals surface area contributed by atoms with Crippen molar-refractivity contribution in [1.29, 1.82) is 0 Å². The van der Waals surface area contributed by atoms with E-state index in [4.69, 9.17) is 4.74 Å². The van der Waals surface area contributed by atoms with Gasteiger partial charge in [-0.3, -0.25) is 4.79 Å². The molecule has 0 aromatic heterocycles. The number of rotatable bonds is 9. The molecule has 0 heterocycles. The van der Waals surface area contributed by atoms with Crippen molar-refractivity contribution in [3.63, 3.8) is 0 Å². The van der Waals surface area contributed by atoms with Crippen LogP contribution in [0.1, 0.15) is 17.5 Å². The summed E-state index contributed by atoms with van der Waals surface area (Å²) in [5.41, 5.74) is 1.83. The number of nitrogens with zero attached hydrogens (tertiary/aromatic N) is 1. The van der Waals surface area contributed by atoms with E-state index in [-0.39, 0.29) is 30.3 Å². The number of alkyl halides is 3. The molecular formula is C20H23F3N2O5S. The predicted molar refractivity (Wildman–Crippen MR) is 107 cm³/mol. The minimum absolute atomic E-state index is 0.0981. The Kier molecular flexibility index (Phi) is 7.91. The number of carbonyl (C=O) groups excluding carboxylic acids is 1. The standard InChI is InChI=1S/C20H23F3N2O5S/c1-14-4-9-18(29-3)15(12-14)13-25(2)19(26)10-11-24-31(27,28)17-7-5-16(6-8-17)30-20(21,22)23/h4-9,12,24H,10-11,13H2,1-3H3. The van der Waals surface area contributed by atoms with Crippen LogP contribution in [0.5, 0.6) is 11.5 Å². The third-order valence-electron chi connectivity index (χ3n) is 4.27. The maximum absolute atomic E-state index is 12.4. The van der Waals surface area contributed by atoms with Gasteiger partial charge in [-0.2, -0.15) is 0 Å². The summed E-state index contributed by atoms with van der Waals surface area (Å²) in [5.74, 6) is -0.182. The Balaban J connectivity index is 1.91. The minimum Gasteiger partial charge on any atom is -0.496 e. The highest BCUT2D eigenvalue weighted by Crippen LogP contribution is 2.24. The van der Waals surface area contributed by atoms with E-state index in [1.807, 2.05) is 25.1 Å². The largest absolute Gasteiger partial charge is 0.573 e. The fourth-order valence-corrected chi connectivity index (χ4v) is 3.79. The molecule has 31 heavy (non-hydrogen) atoms. The first-order chi connectivity index (χ1) is 14.4. The highest BCUT2D eigenvalue weighted by molar-refractivity contribution is 7.89. The molecule has 0 radical (unpaired) electrons. The topological polar surface area (TPSA) is 84.9 Å². The Hall–Kier alpha value is -2.79. The van der Waals surface area contributed by atoms with Gasteiger partial charge in [-0.25, -0.2) is 13.1 Å². The van der Waals surface area contributed by atoms with Gasteiger partial charge in [0.2, 0.25) is 15.9 Å². The Bertz CT molecular complexity index is 1010. The molecule has 2 aromatic carbocycles. The molecule has 0 fully saturated rings. The van der Waals surface area contributed by atoms with E-state index in [9.17, 15) is 26.4 Å². The number of hydrogen-bond acceptors (Lipinski definition) is 5. The molecule has 11 heteroatoms. The summed E-state index contributed by atoms with van der Waals surface area (Å²) in [4.78, 5) is 13.6. The number of halogens is 3. The lowest BCUT2D eigenvalue weighted by Gasteiger charge is -2.19. The second kappa shape index (κ2) is 10.0. The molecule has 0 bridgehead atoms. The molecule has 7 nitrogen and oxygen atoms in total. The third kappa shape index (κ3) is 7.44. The minimum atomic E-state index is -4.87. The first-order valence-electron chi connectivity index (χ1n) is 9.14. The van der Waals surface area contributed by atoms with Crippen LogP contribution in [-0.4, -0.2) is 46.3 Å². The fourth-order valence-electron chi connectivity index (χ4n) is 2.76. The third-order valence-corrected chi connectivity index (χ3v) is 5.74. The average Bonchev–Trinajstić information content (AvgIpc) is 2.67. The zero-order valence-electron chi connectivity index (χ0n) is 17.2. The van der Waals surface area contributed by atoms with E-state index in [1.54, 1.807) is 7.05 Å². The van der Waals surface area contributed by atoms with Crippen LogP contribution in [0.4, 0.5) is 13.2 Å². The highest BCUT2D eigenvalue weighted by Gasteiger charge is 2.31. The Morgan fingerprint density at radius 1 is 1.13 bits per heavy atom. The number of hydrogen-bond donors (Lipinski definition) is 1. The van der Waals surface area contributed by atoms with Gasteiger partial charge in [-0.15, -0.1) is 13.2 Å². The second-order valence-corrected chi connectivity index (χ2v) is 8.50. The van der Waals surface area contributed by atoms with Gasteiger partial charge in [0.1, 0.15) is 11.5 Å². The summed E-state index contributed by atoms with van der Waals surface area (Å²) in [5, 5.41) is 0. The zero-order chi connectivity index (χ0) is 23.2. The number of benzene rings is 2. The van der Waals surface area contributed by atoms with Crippen LogP contribution in [0.2, 0.25) is 0 Å². The Morgan fingerprint density at radius 2 is 1.77 bits per heavy atom. The van der Waals surface area contributed by atoms with Crippen molar-refractivity contribution in [2.24, 2.45) is 0 Å². The van der Waals surface area contributed by atoms with Crippen molar-refractivity contribution >= 4 is 15.9 Å². The number of carbonyl (C=O) groups is 1. The van der Waals surface area contributed by atoms with E-state index >= 15 is 0 Å². The molecule has 170 valence electrons. The van der Waals surface area contributed by atoms with E-state index in [0.717, 1.165) is 35.4 Å². The first-order valence-corrected chi connectivity index (χ1v) is 10.6. The molecule has 2 aromatic rings. The lowest BCUT2D eigenvalue weighted by atomic mass is 10.1. The van der Waals surface area contributed by atoms with Crippen LogP contribution < -0.4 is 14.2 Å². The number of ether oxygens (including phenoxy) is 2. The van der Waals surface area contributed by atoms with Gasteiger partial charge in [-0.1, -0.05) is 17.7 Å². The molecule has 0 unspecified atom stereocenters. The maximum Gasteiger partial charge on any atom is 0.573 e. The molecule has 0 aliphatic heterocycles. The smallest absolute Gasteiger partial charge is 0.496 e. The van der Waals surface area contributed by atoms with Crippen LogP contribution in [0.3, 0.4) is 0 Å². The number of amides is 1. The van der Waals surface area contributed by atoms with Gasteiger partial charge < -0.3 is 14.4 Å². The van der Waals surface area contributed by atoms with Gasteiger partial charge in [0.05, 0.1) is 12.0 Å². The lowest BCUT2D eigenvalue weighted by Crippen LogP contribution is -2.32. The molecule has 1 N–H and O–H groups in total. The first kappa shape index (κ1) is 24.5. The van der Waals surface area contributed by atoms with Crippen molar-refractivity contribution in [3.05, 3.63) is 53.6 Å². The van der Waals surface area contributed by atoms with Crippen molar-refractivity contribution in [2.45, 2.75) is 31.1 Å². The van der Waals surface area contributed by atoms with E-state index in [1.165, 1.54) is 12.0 Å². The molecule has 2 rings (SSSR count). The fraction of sp³-hybridized carbons (Fsp3) is 0.350. The van der Waals surface area contributed by atoms with Crippen LogP contribution in [-0.2, 0) is 21.4 Å². The molecule has 0 aliphatic carbocycles. The summed E-state index contributed by atoms with van der Waals surface area (Å²) in [6.45, 7) is 2.04. The molecular weight excluding hydrogens is 437 g/mol. The summed E-state index contributed by atoms with van der Waals surface area (Å²) in [6.07, 6.45) is -4.97. The van der Waals surface area contributed by atoms with E-state index in [2.05, 4.69) is 9.46 Å². The molecule has 0 spiro atoms. The van der Waals surface area contributed by atoms with Gasteiger partial charge in [-0.05, 0) is 37.3 Å². The van der Waals surface area contributed by atoms with Crippen LogP contribution in [0.15, 0.2) is 47.4 Å². The average molecular weight is 460 g/mol. The van der Waals surface area contributed by atoms with Gasteiger partial charge in [0.15, 0.2) is 0 Å². The molecule has 0 aliphatic rings. The van der Waals surface area contributed by atoms with Gasteiger partial charge in [0.25, 0.3) is 0 Å². The van der Waals surface area contributed by atoms with Crippen LogP contribution in [0, 0.1) is 6.92 Å². The normalized spacial score (nSPS) is 11.8. The summed E-state index contributed by atoms with van der Waals surface area (Å²) < 4.78 is 72.4. The van der Waals surface area contributed by atoms with Crippen LogP contribution in [0.25, 0.3) is 0 Å². The van der Waals surface area contributed by atoms with E-state index in [0.29, 0.717) is 5.75 Å². The Morgan fingerprint density at radius 3 is 2.35 bits per heavy atom. The van der Waals surface area contributed by atoms with Crippen molar-refractivity contribution in [1.82, 2.24) is 9.62 Å². The highest BCUT2D eigenvalue weighted by atomic mass is 32.2. The monoisotopic (exact) mass is 460 g/mol. The van der Waals surface area contributed by atoms with Crippen LogP contribution >= 0.6 is 0 Å². The lowest BCUT2D eigenvalue weighted by molar-refractivity contribution is -0.274. The number of nitrogens with one attached hydrogen (secondary N) is 1. The second-order valence-electron chi connectivity index (χ2n) is 6.73. The zero-order valence-corrected chi connectivity index (χ0v) is 18.0. The van der Waals surface area contributed by atoms with Crippen molar-refractivity contribution in [3.8, 4) is 11.5 Å². The van der Waals surface area contributed by atoms with Gasteiger partial charge >= 0.3 is 6.36 Å². The summed E-state index contributed by atoms with van der Waals surface area (Å²) >= 11 is 0.